The highest BCUT2D eigenvalue weighted by Crippen LogP contribution is 2.21. The fourth-order valence-electron chi connectivity index (χ4n) is 2.82. The lowest BCUT2D eigenvalue weighted by atomic mass is 10.1. The van der Waals surface area contributed by atoms with Crippen LogP contribution in [0.5, 0.6) is 0 Å². The monoisotopic (exact) mass is 300 g/mol. The molecule has 1 aliphatic heterocycles. The van der Waals surface area contributed by atoms with Gasteiger partial charge in [-0.1, -0.05) is 0 Å². The molecule has 1 N–H and O–H groups in total. The summed E-state index contributed by atoms with van der Waals surface area (Å²) in [5.74, 6) is 0.869. The van der Waals surface area contributed by atoms with E-state index in [1.807, 2.05) is 11.5 Å². The van der Waals surface area contributed by atoms with Gasteiger partial charge in [0.25, 0.3) is 5.91 Å². The van der Waals surface area contributed by atoms with E-state index in [0.29, 0.717) is 30.7 Å². The predicted octanol–water partition coefficient (Wildman–Crippen LogP) is 1.26. The maximum Gasteiger partial charge on any atom is 0.256 e. The Kier molecular flexibility index (Phi) is 2.72. The van der Waals surface area contributed by atoms with Crippen LogP contribution in [0, 0.1) is 12.7 Å². The molecule has 0 spiro atoms. The molecule has 0 bridgehead atoms. The summed E-state index contributed by atoms with van der Waals surface area (Å²) in [6.07, 6.45) is 1.46. The van der Waals surface area contributed by atoms with Gasteiger partial charge >= 0.3 is 0 Å². The Morgan fingerprint density at radius 1 is 1.32 bits per heavy atom. The van der Waals surface area contributed by atoms with E-state index in [9.17, 15) is 9.18 Å². The zero-order valence-electron chi connectivity index (χ0n) is 11.9. The quantitative estimate of drug-likeness (QED) is 0.733. The zero-order chi connectivity index (χ0) is 15.3. The number of imidazole rings is 1. The lowest BCUT2D eigenvalue weighted by Crippen LogP contribution is -2.38. The molecule has 0 unspecified atom stereocenters. The second kappa shape index (κ2) is 4.62. The van der Waals surface area contributed by atoms with Crippen molar-refractivity contribution in [2.45, 2.75) is 20.0 Å². The number of hydrogen-bond acceptors (Lipinski definition) is 4. The number of aromatic amines is 1. The lowest BCUT2D eigenvalue weighted by Gasteiger charge is -2.27. The molecule has 2 aromatic heterocycles. The van der Waals surface area contributed by atoms with Gasteiger partial charge in [0, 0.05) is 13.1 Å². The van der Waals surface area contributed by atoms with E-state index in [1.165, 1.54) is 18.5 Å². The third-order valence-corrected chi connectivity index (χ3v) is 3.94. The Balaban J connectivity index is 1.71. The minimum atomic E-state index is -0.462. The first-order valence-electron chi connectivity index (χ1n) is 6.94. The van der Waals surface area contributed by atoms with E-state index < -0.39 is 5.82 Å². The smallest absolute Gasteiger partial charge is 0.256 e. The van der Waals surface area contributed by atoms with Crippen molar-refractivity contribution in [2.24, 2.45) is 0 Å². The van der Waals surface area contributed by atoms with Gasteiger partial charge in [0.2, 0.25) is 0 Å². The second-order valence-corrected chi connectivity index (χ2v) is 5.29. The molecule has 1 amide bonds. The average Bonchev–Trinajstić information content (AvgIpc) is 3.12. The van der Waals surface area contributed by atoms with Crippen molar-refractivity contribution >= 4 is 16.9 Å². The Morgan fingerprint density at radius 2 is 2.18 bits per heavy atom. The molecule has 0 saturated heterocycles. The van der Waals surface area contributed by atoms with Crippen molar-refractivity contribution in [3.8, 4) is 0 Å². The van der Waals surface area contributed by atoms with E-state index in [2.05, 4.69) is 20.2 Å². The van der Waals surface area contributed by atoms with E-state index in [-0.39, 0.29) is 11.5 Å². The van der Waals surface area contributed by atoms with Crippen LogP contribution in [0.15, 0.2) is 18.5 Å². The van der Waals surface area contributed by atoms with Crippen molar-refractivity contribution in [2.75, 3.05) is 6.54 Å². The topological polar surface area (TPSA) is 79.7 Å². The fraction of sp³-hybridized carbons (Fsp3) is 0.286. The molecule has 7 nitrogen and oxygen atoms in total. The van der Waals surface area contributed by atoms with Crippen molar-refractivity contribution in [1.82, 2.24) is 29.6 Å². The molecule has 4 rings (SSSR count). The normalized spacial score (nSPS) is 14.4. The van der Waals surface area contributed by atoms with Gasteiger partial charge in [0.05, 0.1) is 24.0 Å². The Morgan fingerprint density at radius 3 is 3.05 bits per heavy atom. The van der Waals surface area contributed by atoms with Gasteiger partial charge in [-0.05, 0) is 19.1 Å². The van der Waals surface area contributed by atoms with Crippen molar-refractivity contribution in [3.05, 3.63) is 41.5 Å². The molecule has 1 aliphatic rings. The minimum absolute atomic E-state index is 0.247. The molecular formula is C14H13FN6O. The Hall–Kier alpha value is -2.77. The second-order valence-electron chi connectivity index (χ2n) is 5.29. The molecule has 0 fully saturated rings. The zero-order valence-corrected chi connectivity index (χ0v) is 11.9. The third-order valence-electron chi connectivity index (χ3n) is 3.94. The number of nitrogens with one attached hydrogen (secondary N) is 1. The molecule has 1 aromatic carbocycles. The summed E-state index contributed by atoms with van der Waals surface area (Å²) in [7, 11) is 0. The molecule has 0 saturated carbocycles. The van der Waals surface area contributed by atoms with Gasteiger partial charge < -0.3 is 14.5 Å². The largest absolute Gasteiger partial charge is 0.344 e. The molecule has 3 heterocycles. The molecule has 0 aliphatic carbocycles. The lowest BCUT2D eigenvalue weighted by molar-refractivity contribution is 0.0708. The van der Waals surface area contributed by atoms with Crippen molar-refractivity contribution in [1.29, 1.82) is 0 Å². The number of carbonyl (C=O) groups excluding carboxylic acids is 1. The summed E-state index contributed by atoms with van der Waals surface area (Å²) in [5.41, 5.74) is 1.26. The molecule has 0 atom stereocenters. The van der Waals surface area contributed by atoms with Crippen LogP contribution < -0.4 is 0 Å². The van der Waals surface area contributed by atoms with Gasteiger partial charge in [0.1, 0.15) is 17.2 Å². The van der Waals surface area contributed by atoms with Crippen LogP contribution in [0.1, 0.15) is 22.0 Å². The number of rotatable bonds is 1. The number of benzene rings is 1. The molecular weight excluding hydrogens is 287 g/mol. The van der Waals surface area contributed by atoms with E-state index in [1.54, 1.807) is 4.90 Å². The summed E-state index contributed by atoms with van der Waals surface area (Å²) in [6.45, 7) is 3.42. The van der Waals surface area contributed by atoms with Crippen LogP contribution >= 0.6 is 0 Å². The maximum absolute atomic E-state index is 13.7. The molecule has 22 heavy (non-hydrogen) atoms. The Labute approximate surface area is 124 Å². The van der Waals surface area contributed by atoms with Gasteiger partial charge in [-0.3, -0.25) is 4.79 Å². The SMILES string of the molecule is Cc1nnc2n1CCN(C(=O)c1cc(F)cc3[nH]cnc13)C2. The van der Waals surface area contributed by atoms with E-state index in [4.69, 9.17) is 0 Å². The van der Waals surface area contributed by atoms with Gasteiger partial charge in [0.15, 0.2) is 5.82 Å². The summed E-state index contributed by atoms with van der Waals surface area (Å²) < 4.78 is 15.7. The van der Waals surface area contributed by atoms with Crippen LogP contribution in [0.4, 0.5) is 4.39 Å². The average molecular weight is 300 g/mol. The first-order chi connectivity index (χ1) is 10.6. The van der Waals surface area contributed by atoms with E-state index in [0.717, 1.165) is 11.6 Å². The minimum Gasteiger partial charge on any atom is -0.344 e. The number of hydrogen-bond donors (Lipinski definition) is 1. The fourth-order valence-corrected chi connectivity index (χ4v) is 2.82. The third kappa shape index (κ3) is 1.87. The van der Waals surface area contributed by atoms with Crippen molar-refractivity contribution < 1.29 is 9.18 Å². The number of carbonyl (C=O) groups is 1. The molecule has 8 heteroatoms. The van der Waals surface area contributed by atoms with Gasteiger partial charge in [-0.25, -0.2) is 9.37 Å². The van der Waals surface area contributed by atoms with Crippen LogP contribution in [-0.2, 0) is 13.1 Å². The first kappa shape index (κ1) is 12.9. The summed E-state index contributed by atoms with van der Waals surface area (Å²) in [5, 5.41) is 8.09. The van der Waals surface area contributed by atoms with E-state index >= 15 is 0 Å². The highest BCUT2D eigenvalue weighted by atomic mass is 19.1. The molecule has 0 radical (unpaired) electrons. The van der Waals surface area contributed by atoms with Crippen LogP contribution in [0.25, 0.3) is 11.0 Å². The highest BCUT2D eigenvalue weighted by molar-refractivity contribution is 6.04. The number of aryl methyl sites for hydroxylation is 1. The molecule has 112 valence electrons. The molecule has 3 aromatic rings. The highest BCUT2D eigenvalue weighted by Gasteiger charge is 2.26. The number of H-pyrrole nitrogens is 1. The first-order valence-corrected chi connectivity index (χ1v) is 6.94. The number of amides is 1. The van der Waals surface area contributed by atoms with Crippen LogP contribution in [0.3, 0.4) is 0 Å². The standard InChI is InChI=1S/C14H13FN6O/c1-8-18-19-12-6-20(2-3-21(8)12)14(22)10-4-9(15)5-11-13(10)17-7-16-11/h4-5,7H,2-3,6H2,1H3,(H,16,17). The summed E-state index contributed by atoms with van der Waals surface area (Å²) in [4.78, 5) is 21.3. The number of fused-ring (bicyclic) bond motifs is 2. The maximum atomic E-state index is 13.7. The predicted molar refractivity (Wildman–Crippen MR) is 75.6 cm³/mol. The number of aromatic nitrogens is 5. The van der Waals surface area contributed by atoms with Gasteiger partial charge in [-0.2, -0.15) is 0 Å². The number of halogens is 1. The Bertz CT molecular complexity index is 883. The number of nitrogens with zero attached hydrogens (tertiary/aromatic N) is 5. The van der Waals surface area contributed by atoms with Crippen molar-refractivity contribution in [3.63, 3.8) is 0 Å². The summed E-state index contributed by atoms with van der Waals surface area (Å²) in [6, 6.07) is 2.56. The van der Waals surface area contributed by atoms with Crippen LogP contribution in [-0.4, -0.2) is 42.1 Å². The van der Waals surface area contributed by atoms with Crippen LogP contribution in [0.2, 0.25) is 0 Å². The van der Waals surface area contributed by atoms with Gasteiger partial charge in [-0.15, -0.1) is 10.2 Å². The summed E-state index contributed by atoms with van der Waals surface area (Å²) >= 11 is 0.